The zero-order chi connectivity index (χ0) is 42.3. The minimum absolute atomic E-state index is 0.0900. The first-order chi connectivity index (χ1) is 30.9. The fourth-order valence-corrected chi connectivity index (χ4v) is 8.39. The number of alkyl halides is 2. The summed E-state index contributed by atoms with van der Waals surface area (Å²) >= 11 is 0. The van der Waals surface area contributed by atoms with Gasteiger partial charge in [-0.3, -0.25) is 0 Å². The van der Waals surface area contributed by atoms with Gasteiger partial charge in [-0.2, -0.15) is 8.78 Å². The second-order valence-electron chi connectivity index (χ2n) is 15.6. The highest BCUT2D eigenvalue weighted by Gasteiger charge is 2.45. The van der Waals surface area contributed by atoms with Crippen LogP contribution in [0.15, 0.2) is 218 Å². The van der Waals surface area contributed by atoms with Crippen molar-refractivity contribution in [3.8, 4) is 101 Å². The van der Waals surface area contributed by atoms with Gasteiger partial charge in [0.2, 0.25) is 0 Å². The Morgan fingerprint density at radius 1 is 0.254 bits per heavy atom. The molecule has 0 radical (unpaired) electrons. The van der Waals surface area contributed by atoms with Crippen molar-refractivity contribution in [1.29, 1.82) is 0 Å². The Balaban J connectivity index is 0.965. The highest BCUT2D eigenvalue weighted by molar-refractivity contribution is 5.85. The standard InChI is InChI=1S/C57H36F2N4/c58-57(59)49-33-45(55-60-51(41-17-9-3-10-18-41)35-53(62-55)43-25-21-39(22-26-43)37-13-5-1-6-14-37)29-31-47(49)48-32-30-46(34-50(48)57)56-61-52(42-19-11-4-12-20-42)36-54(63-56)44-27-23-40(24-28-44)38-15-7-2-8-16-38/h1-36H. The highest BCUT2D eigenvalue weighted by atomic mass is 19.3. The van der Waals surface area contributed by atoms with E-state index >= 15 is 8.78 Å². The Kier molecular flexibility index (Phi) is 9.39. The van der Waals surface area contributed by atoms with E-state index in [9.17, 15) is 0 Å². The van der Waals surface area contributed by atoms with Crippen LogP contribution >= 0.6 is 0 Å². The summed E-state index contributed by atoms with van der Waals surface area (Å²) in [4.78, 5) is 19.9. The van der Waals surface area contributed by atoms with Crippen molar-refractivity contribution in [2.45, 2.75) is 5.92 Å². The molecule has 1 aliphatic carbocycles. The lowest BCUT2D eigenvalue weighted by Crippen LogP contribution is -2.11. The van der Waals surface area contributed by atoms with E-state index in [-0.39, 0.29) is 11.1 Å². The largest absolute Gasteiger partial charge is 0.299 e. The third kappa shape index (κ3) is 7.17. The fraction of sp³-hybridized carbons (Fsp3) is 0.0175. The van der Waals surface area contributed by atoms with Crippen LogP contribution in [-0.2, 0) is 5.92 Å². The van der Waals surface area contributed by atoms with E-state index in [1.165, 1.54) is 0 Å². The average Bonchev–Trinajstić information content (AvgIpc) is 3.59. The van der Waals surface area contributed by atoms with Crippen LogP contribution in [0.5, 0.6) is 0 Å². The number of fused-ring (bicyclic) bond motifs is 3. The van der Waals surface area contributed by atoms with Crippen LogP contribution in [0.3, 0.4) is 0 Å². The summed E-state index contributed by atoms with van der Waals surface area (Å²) < 4.78 is 33.9. The van der Waals surface area contributed by atoms with Gasteiger partial charge in [0.15, 0.2) is 11.6 Å². The van der Waals surface area contributed by atoms with Gasteiger partial charge < -0.3 is 0 Å². The number of hydrogen-bond acceptors (Lipinski definition) is 4. The average molecular weight is 815 g/mol. The van der Waals surface area contributed by atoms with E-state index in [1.54, 1.807) is 24.3 Å². The lowest BCUT2D eigenvalue weighted by atomic mass is 10.0. The molecule has 298 valence electrons. The Bertz CT molecular complexity index is 3040. The molecule has 0 saturated carbocycles. The predicted octanol–water partition coefficient (Wildman–Crippen LogP) is 14.7. The van der Waals surface area contributed by atoms with E-state index in [1.807, 2.05) is 146 Å². The third-order valence-electron chi connectivity index (χ3n) is 11.7. The molecule has 0 spiro atoms. The molecule has 2 aromatic heterocycles. The van der Waals surface area contributed by atoms with Crippen LogP contribution in [0.4, 0.5) is 8.78 Å². The maximum atomic E-state index is 17.0. The zero-order valence-corrected chi connectivity index (χ0v) is 33.8. The molecular formula is C57H36F2N4. The molecule has 0 amide bonds. The molecular weight excluding hydrogens is 779 g/mol. The second-order valence-corrected chi connectivity index (χ2v) is 15.6. The Hall–Kier alpha value is -8.22. The van der Waals surface area contributed by atoms with E-state index in [0.717, 1.165) is 44.5 Å². The van der Waals surface area contributed by atoms with Crippen LogP contribution in [0.1, 0.15) is 11.1 Å². The summed E-state index contributed by atoms with van der Waals surface area (Å²) in [6.45, 7) is 0. The number of nitrogens with zero attached hydrogens (tertiary/aromatic N) is 4. The van der Waals surface area contributed by atoms with Gasteiger partial charge in [-0.05, 0) is 57.6 Å². The normalized spacial score (nSPS) is 12.4. The van der Waals surface area contributed by atoms with Crippen LogP contribution < -0.4 is 0 Å². The molecule has 4 nitrogen and oxygen atoms in total. The number of aromatic nitrogens is 4. The van der Waals surface area contributed by atoms with Gasteiger partial charge in [-0.15, -0.1) is 0 Å². The summed E-state index contributed by atoms with van der Waals surface area (Å²) in [6, 6.07) is 70.7. The molecule has 0 fully saturated rings. The van der Waals surface area contributed by atoms with Gasteiger partial charge in [0, 0.05) is 44.5 Å². The first kappa shape index (κ1) is 37.8. The molecule has 10 aromatic rings. The van der Waals surface area contributed by atoms with Gasteiger partial charge in [0.1, 0.15) is 0 Å². The van der Waals surface area contributed by atoms with Crippen molar-refractivity contribution in [3.05, 3.63) is 230 Å². The summed E-state index contributed by atoms with van der Waals surface area (Å²) in [6.07, 6.45) is 0. The first-order valence-electron chi connectivity index (χ1n) is 20.8. The SMILES string of the molecule is FC1(F)c2cc(-c3nc(-c4ccccc4)cc(-c4ccc(-c5ccccc5)cc4)n3)ccc2-c2ccc(-c3nc(-c4ccccc4)cc(-c4ccc(-c5ccccc5)cc4)n3)cc21. The summed E-state index contributed by atoms with van der Waals surface area (Å²) in [5.74, 6) is -2.58. The van der Waals surface area contributed by atoms with Gasteiger partial charge in [0.25, 0.3) is 5.92 Å². The second kappa shape index (κ2) is 15.7. The molecule has 0 N–H and O–H groups in total. The smallest absolute Gasteiger partial charge is 0.228 e. The molecule has 6 heteroatoms. The summed E-state index contributed by atoms with van der Waals surface area (Å²) in [7, 11) is 0. The van der Waals surface area contributed by atoms with Crippen molar-refractivity contribution in [3.63, 3.8) is 0 Å². The predicted molar refractivity (Wildman–Crippen MR) is 250 cm³/mol. The Morgan fingerprint density at radius 2 is 0.508 bits per heavy atom. The Labute approximate surface area is 364 Å². The molecule has 8 aromatic carbocycles. The van der Waals surface area contributed by atoms with Crippen LogP contribution in [0.25, 0.3) is 101 Å². The molecule has 0 bridgehead atoms. The summed E-state index contributed by atoms with van der Waals surface area (Å²) in [5, 5.41) is 0. The van der Waals surface area contributed by atoms with Crippen molar-refractivity contribution in [2.75, 3.05) is 0 Å². The maximum absolute atomic E-state index is 17.0. The molecule has 2 heterocycles. The van der Waals surface area contributed by atoms with E-state index < -0.39 is 5.92 Å². The third-order valence-corrected chi connectivity index (χ3v) is 11.7. The monoisotopic (exact) mass is 814 g/mol. The van der Waals surface area contributed by atoms with E-state index in [4.69, 9.17) is 19.9 Å². The van der Waals surface area contributed by atoms with Crippen molar-refractivity contribution >= 4 is 0 Å². The number of rotatable bonds is 8. The molecule has 0 aliphatic heterocycles. The van der Waals surface area contributed by atoms with Crippen LogP contribution in [-0.4, -0.2) is 19.9 Å². The quantitative estimate of drug-likeness (QED) is 0.153. The molecule has 0 unspecified atom stereocenters. The molecule has 63 heavy (non-hydrogen) atoms. The fourth-order valence-electron chi connectivity index (χ4n) is 8.39. The lowest BCUT2D eigenvalue weighted by molar-refractivity contribution is 0.0481. The molecule has 1 aliphatic rings. The van der Waals surface area contributed by atoms with Gasteiger partial charge in [-0.1, -0.05) is 194 Å². The minimum atomic E-state index is -3.31. The molecule has 0 saturated heterocycles. The minimum Gasteiger partial charge on any atom is -0.228 e. The maximum Gasteiger partial charge on any atom is 0.299 e. The summed E-state index contributed by atoms with van der Waals surface area (Å²) in [5.41, 5.74) is 12.6. The van der Waals surface area contributed by atoms with Gasteiger partial charge in [0.05, 0.1) is 22.8 Å². The topological polar surface area (TPSA) is 51.6 Å². The van der Waals surface area contributed by atoms with Crippen molar-refractivity contribution in [1.82, 2.24) is 19.9 Å². The van der Waals surface area contributed by atoms with Crippen LogP contribution in [0, 0.1) is 0 Å². The van der Waals surface area contributed by atoms with Crippen molar-refractivity contribution < 1.29 is 8.78 Å². The number of benzene rings is 8. The zero-order valence-electron chi connectivity index (χ0n) is 33.8. The van der Waals surface area contributed by atoms with E-state index in [0.29, 0.717) is 56.7 Å². The van der Waals surface area contributed by atoms with Gasteiger partial charge >= 0.3 is 0 Å². The lowest BCUT2D eigenvalue weighted by Gasteiger charge is -2.15. The highest BCUT2D eigenvalue weighted by Crippen LogP contribution is 2.52. The molecule has 11 rings (SSSR count). The number of hydrogen-bond donors (Lipinski definition) is 0. The van der Waals surface area contributed by atoms with Crippen molar-refractivity contribution in [2.24, 2.45) is 0 Å². The number of halogens is 2. The first-order valence-corrected chi connectivity index (χ1v) is 20.8. The van der Waals surface area contributed by atoms with E-state index in [2.05, 4.69) is 48.5 Å². The van der Waals surface area contributed by atoms with Gasteiger partial charge in [-0.25, -0.2) is 19.9 Å². The Morgan fingerprint density at radius 3 is 0.841 bits per heavy atom. The molecule has 0 atom stereocenters. The van der Waals surface area contributed by atoms with Crippen LogP contribution in [0.2, 0.25) is 0 Å².